The molecule has 1 N–H and O–H groups in total. The van der Waals surface area contributed by atoms with Crippen molar-refractivity contribution in [2.75, 3.05) is 1.33 Å². The Bertz CT molecular complexity index is 761. The first kappa shape index (κ1) is 17.6. The number of hydrogen-bond donors (Lipinski definition) is 1. The van der Waals surface area contributed by atoms with E-state index in [0.29, 0.717) is 10.8 Å². The zero-order valence-corrected chi connectivity index (χ0v) is 17.0. The van der Waals surface area contributed by atoms with Gasteiger partial charge in [-0.05, 0) is 34.1 Å². The van der Waals surface area contributed by atoms with Gasteiger partial charge in [-0.2, -0.15) is 0 Å². The molecule has 0 aliphatic carbocycles. The highest BCUT2D eigenvalue weighted by Gasteiger charge is 2.15. The number of thiazole rings is 1. The lowest BCUT2D eigenvalue weighted by molar-refractivity contribution is 0.0698. The summed E-state index contributed by atoms with van der Waals surface area (Å²) >= 11 is 1.17. The molecule has 0 fully saturated rings. The van der Waals surface area contributed by atoms with E-state index in [1.165, 1.54) is 30.9 Å². The maximum atomic E-state index is 11.3. The van der Waals surface area contributed by atoms with Gasteiger partial charge in [-0.15, -0.1) is 10.2 Å². The van der Waals surface area contributed by atoms with E-state index in [9.17, 15) is 16.0 Å². The van der Waals surface area contributed by atoms with Gasteiger partial charge in [-0.25, -0.2) is 17.2 Å². The Labute approximate surface area is 157 Å². The van der Waals surface area contributed by atoms with Gasteiger partial charge < -0.3 is 5.11 Å². The minimum atomic E-state index is -1.66. The summed E-state index contributed by atoms with van der Waals surface area (Å²) in [6.07, 6.45) is 1.56. The fraction of sp³-hybridized carbons (Fsp3) is 0. The quantitative estimate of drug-likeness (QED) is 0.270. The normalized spacial score (nSPS) is 11.0. The smallest absolute Gasteiger partial charge is 0.338 e. The van der Waals surface area contributed by atoms with Gasteiger partial charge in [0, 0.05) is 0 Å². The van der Waals surface area contributed by atoms with Gasteiger partial charge in [-0.3, -0.25) is 0 Å². The van der Waals surface area contributed by atoms with Crippen molar-refractivity contribution in [2.45, 2.75) is 0 Å². The summed E-state index contributed by atoms with van der Waals surface area (Å²) in [5, 5.41) is 17.4. The number of aromatic carboxylic acids is 1. The molecule has 0 saturated carbocycles. The van der Waals surface area contributed by atoms with Crippen molar-refractivity contribution < 1.29 is 16.0 Å². The van der Waals surface area contributed by atoms with E-state index in [0.717, 1.165) is 3.79 Å². The standard InChI is InChI=1S/C10H5BrI2N4O4S/c11-8-4-14-10(22-8)16-15-7-2-1-5(17(12-20)13-21)3-6(7)9(18)19/h1-4H,(H,18,19). The Morgan fingerprint density at radius 2 is 2.05 bits per heavy atom. The number of rotatable bonds is 6. The highest BCUT2D eigenvalue weighted by molar-refractivity contribution is 14.2. The van der Waals surface area contributed by atoms with Crippen LogP contribution >= 0.6 is 70.2 Å². The summed E-state index contributed by atoms with van der Waals surface area (Å²) in [5.74, 6) is -1.20. The lowest BCUT2D eigenvalue weighted by Crippen LogP contribution is -2.00. The lowest BCUT2D eigenvalue weighted by Gasteiger charge is -2.08. The van der Waals surface area contributed by atoms with Crippen molar-refractivity contribution in [1.82, 2.24) is 4.98 Å². The number of nitrogens with zero attached hydrogens (tertiary/aromatic N) is 4. The van der Waals surface area contributed by atoms with E-state index < -0.39 is 48.9 Å². The average Bonchev–Trinajstić information content (AvgIpc) is 2.92. The molecule has 0 bridgehead atoms. The van der Waals surface area contributed by atoms with E-state index in [1.807, 2.05) is 0 Å². The van der Waals surface area contributed by atoms with E-state index in [2.05, 4.69) is 31.1 Å². The molecular formula is C10H5BrI2N4O4S. The first-order valence-corrected chi connectivity index (χ1v) is 10.6. The van der Waals surface area contributed by atoms with Gasteiger partial charge in [0.2, 0.25) is 5.13 Å². The zero-order chi connectivity index (χ0) is 16.1. The van der Waals surface area contributed by atoms with Crippen LogP contribution in [-0.2, 0) is 6.14 Å². The molecule has 22 heavy (non-hydrogen) atoms. The SMILES string of the molecule is O=IN(I=O)c1ccc(N=Nc2ncc(Br)s2)c(C(=O)O)c1. The van der Waals surface area contributed by atoms with Crippen molar-refractivity contribution in [1.29, 1.82) is 0 Å². The molecule has 0 unspecified atom stereocenters. The summed E-state index contributed by atoms with van der Waals surface area (Å²) in [6, 6.07) is 4.22. The average molecular weight is 611 g/mol. The Morgan fingerprint density at radius 3 is 2.59 bits per heavy atom. The third-order valence-electron chi connectivity index (χ3n) is 2.24. The summed E-state index contributed by atoms with van der Waals surface area (Å²) in [4.78, 5) is 15.3. The van der Waals surface area contributed by atoms with Gasteiger partial charge in [0.1, 0.15) is 5.69 Å². The molecule has 12 heteroatoms. The molecule has 0 atom stereocenters. The fourth-order valence-electron chi connectivity index (χ4n) is 1.37. The number of benzene rings is 1. The molecule has 1 aromatic heterocycles. The highest BCUT2D eigenvalue weighted by Crippen LogP contribution is 2.34. The molecule has 1 aromatic carbocycles. The number of halogens is 3. The third kappa shape index (κ3) is 4.39. The number of azo groups is 1. The Balaban J connectivity index is 2.39. The molecule has 8 nitrogen and oxygen atoms in total. The van der Waals surface area contributed by atoms with Crippen LogP contribution in [0.3, 0.4) is 0 Å². The predicted octanol–water partition coefficient (Wildman–Crippen LogP) is 5.29. The minimum absolute atomic E-state index is 0.114. The van der Waals surface area contributed by atoms with Crippen LogP contribution in [-0.4, -0.2) is 16.1 Å². The van der Waals surface area contributed by atoms with E-state index in [4.69, 9.17) is 0 Å². The minimum Gasteiger partial charge on any atom is -0.478 e. The van der Waals surface area contributed by atoms with Crippen LogP contribution in [0.5, 0.6) is 0 Å². The van der Waals surface area contributed by atoms with Crippen molar-refractivity contribution in [3.05, 3.63) is 33.7 Å². The van der Waals surface area contributed by atoms with Crippen molar-refractivity contribution in [3.63, 3.8) is 0 Å². The summed E-state index contributed by atoms with van der Waals surface area (Å²) in [6.45, 7) is 0. The van der Waals surface area contributed by atoms with Crippen LogP contribution in [0.4, 0.5) is 16.5 Å². The summed E-state index contributed by atoms with van der Waals surface area (Å²) in [7, 11) is 0. The lowest BCUT2D eigenvalue weighted by atomic mass is 10.1. The van der Waals surface area contributed by atoms with Crippen molar-refractivity contribution >= 4 is 92.7 Å². The molecule has 0 saturated heterocycles. The maximum absolute atomic E-state index is 11.3. The zero-order valence-electron chi connectivity index (χ0n) is 10.3. The third-order valence-corrected chi connectivity index (χ3v) is 7.40. The summed E-state index contributed by atoms with van der Waals surface area (Å²) in [5.41, 5.74) is 0.353. The first-order valence-electron chi connectivity index (χ1n) is 5.30. The predicted molar refractivity (Wildman–Crippen MR) is 99.3 cm³/mol. The number of carbonyl (C=O) groups is 1. The largest absolute Gasteiger partial charge is 0.478 e. The van der Waals surface area contributed by atoms with Crippen molar-refractivity contribution in [3.8, 4) is 0 Å². The second kappa shape index (κ2) is 8.21. The Morgan fingerprint density at radius 1 is 1.32 bits per heavy atom. The van der Waals surface area contributed by atoms with Crippen LogP contribution in [0.2, 0.25) is 0 Å². The van der Waals surface area contributed by atoms with E-state index in [-0.39, 0.29) is 11.3 Å². The molecule has 2 aromatic rings. The molecule has 0 radical (unpaired) electrons. The van der Waals surface area contributed by atoms with Gasteiger partial charge in [0.15, 0.2) is 0 Å². The van der Waals surface area contributed by atoms with Crippen molar-refractivity contribution in [2.24, 2.45) is 10.2 Å². The van der Waals surface area contributed by atoms with Crippen LogP contribution < -0.4 is 1.33 Å². The second-order valence-electron chi connectivity index (χ2n) is 3.52. The molecular weight excluding hydrogens is 606 g/mol. The maximum Gasteiger partial charge on any atom is 0.338 e. The van der Waals surface area contributed by atoms with Gasteiger partial charge in [-0.1, -0.05) is 11.3 Å². The van der Waals surface area contributed by atoms with Crippen LogP contribution in [0.15, 0.2) is 38.4 Å². The summed E-state index contributed by atoms with van der Waals surface area (Å²) < 4.78 is 24.0. The van der Waals surface area contributed by atoms with Crippen LogP contribution in [0.25, 0.3) is 0 Å². The fourth-order valence-corrected chi connectivity index (χ4v) is 3.89. The number of anilines is 1. The number of carboxylic acid groups (broad SMARTS) is 1. The van der Waals surface area contributed by atoms with E-state index >= 15 is 0 Å². The van der Waals surface area contributed by atoms with Gasteiger partial charge in [0.05, 0.1) is 21.2 Å². The molecule has 2 rings (SSSR count). The number of aromatic nitrogens is 1. The van der Waals surface area contributed by atoms with E-state index in [1.54, 1.807) is 6.20 Å². The number of hydrogen-bond acceptors (Lipinski definition) is 7. The topological polar surface area (TPSA) is 112 Å². The second-order valence-corrected chi connectivity index (χ2v) is 10.5. The van der Waals surface area contributed by atoms with Crippen LogP contribution in [0, 0.1) is 0 Å². The molecule has 0 amide bonds. The molecule has 0 spiro atoms. The number of carboxylic acids is 1. The molecule has 0 aliphatic heterocycles. The monoisotopic (exact) mass is 610 g/mol. The molecule has 116 valence electrons. The van der Waals surface area contributed by atoms with Gasteiger partial charge in [0.25, 0.3) is 42.9 Å². The first-order chi connectivity index (χ1) is 10.5. The Hall–Kier alpha value is -0.740. The molecule has 1 heterocycles. The molecule has 0 aliphatic rings. The highest BCUT2D eigenvalue weighted by atomic mass is 127. The Kier molecular flexibility index (Phi) is 6.57. The van der Waals surface area contributed by atoms with Gasteiger partial charge >= 0.3 is 5.97 Å². The van der Waals surface area contributed by atoms with Crippen LogP contribution in [0.1, 0.15) is 10.4 Å².